The summed E-state index contributed by atoms with van der Waals surface area (Å²) in [4.78, 5) is 14.8. The Balaban J connectivity index is 3.15. The number of nitriles is 1. The first-order valence-electron chi connectivity index (χ1n) is 2.93. The van der Waals surface area contributed by atoms with E-state index < -0.39 is 5.97 Å². The Morgan fingerprint density at radius 3 is 3.00 bits per heavy atom. The molecule has 0 spiro atoms. The molecule has 0 aliphatic carbocycles. The third-order valence-corrected chi connectivity index (χ3v) is 1.91. The minimum absolute atomic E-state index is 0.0116. The first-order chi connectivity index (χ1) is 5.69. The van der Waals surface area contributed by atoms with Crippen LogP contribution in [0.4, 0.5) is 5.13 Å². The number of nitrogens with two attached hydrogens (primary N) is 1. The van der Waals surface area contributed by atoms with Crippen LogP contribution < -0.4 is 5.73 Å². The van der Waals surface area contributed by atoms with Gasteiger partial charge in [-0.25, -0.2) is 9.78 Å². The van der Waals surface area contributed by atoms with Crippen LogP contribution in [0.25, 0.3) is 0 Å². The van der Waals surface area contributed by atoms with Gasteiger partial charge in [0, 0.05) is 0 Å². The Bertz CT molecular complexity index is 352. The maximum absolute atomic E-state index is 10.9. The van der Waals surface area contributed by atoms with Crippen molar-refractivity contribution in [1.29, 1.82) is 5.26 Å². The molecule has 0 atom stereocenters. The quantitative estimate of drug-likeness (QED) is 0.636. The molecule has 0 fully saturated rings. The lowest BCUT2D eigenvalue weighted by atomic mass is 10.4. The fourth-order valence-corrected chi connectivity index (χ4v) is 1.26. The smallest absolute Gasteiger partial charge is 0.359 e. The van der Waals surface area contributed by atoms with E-state index in [2.05, 4.69) is 9.72 Å². The Morgan fingerprint density at radius 1 is 1.83 bits per heavy atom. The zero-order valence-electron chi connectivity index (χ0n) is 6.20. The average Bonchev–Trinajstić information content (AvgIpc) is 2.45. The molecule has 0 bridgehead atoms. The van der Waals surface area contributed by atoms with Crippen molar-refractivity contribution < 1.29 is 9.53 Å². The molecule has 1 rings (SSSR count). The van der Waals surface area contributed by atoms with Crippen molar-refractivity contribution in [3.63, 3.8) is 0 Å². The lowest BCUT2D eigenvalue weighted by molar-refractivity contribution is 0.0594. The lowest BCUT2D eigenvalue weighted by Crippen LogP contribution is -2.03. The van der Waals surface area contributed by atoms with E-state index in [1.165, 1.54) is 7.11 Å². The van der Waals surface area contributed by atoms with Gasteiger partial charge >= 0.3 is 5.97 Å². The molecule has 62 valence electrons. The number of carbonyl (C=O) groups is 1. The summed E-state index contributed by atoms with van der Waals surface area (Å²) < 4.78 is 4.39. The molecule has 2 N–H and O–H groups in total. The molecule has 5 nitrogen and oxygen atoms in total. The zero-order chi connectivity index (χ0) is 9.14. The predicted octanol–water partition coefficient (Wildman–Crippen LogP) is 0.384. The summed E-state index contributed by atoms with van der Waals surface area (Å²) in [7, 11) is 1.22. The van der Waals surface area contributed by atoms with E-state index in [-0.39, 0.29) is 15.7 Å². The van der Waals surface area contributed by atoms with Crippen LogP contribution >= 0.6 is 11.3 Å². The number of carbonyl (C=O) groups excluding carboxylic acids is 1. The maximum Gasteiger partial charge on any atom is 0.359 e. The number of rotatable bonds is 1. The first-order valence-corrected chi connectivity index (χ1v) is 3.75. The van der Waals surface area contributed by atoms with Gasteiger partial charge in [0.2, 0.25) is 0 Å². The molecule has 0 amide bonds. The van der Waals surface area contributed by atoms with Gasteiger partial charge in [-0.1, -0.05) is 11.3 Å². The minimum atomic E-state index is -0.639. The van der Waals surface area contributed by atoms with Gasteiger partial charge in [-0.15, -0.1) is 0 Å². The summed E-state index contributed by atoms with van der Waals surface area (Å²) in [5.41, 5.74) is 5.28. The molecular weight excluding hydrogens is 178 g/mol. The van der Waals surface area contributed by atoms with Gasteiger partial charge in [-0.2, -0.15) is 5.26 Å². The van der Waals surface area contributed by atoms with Crippen LogP contribution in [0.15, 0.2) is 0 Å². The van der Waals surface area contributed by atoms with Gasteiger partial charge in [-0.05, 0) is 0 Å². The predicted molar refractivity (Wildman–Crippen MR) is 42.6 cm³/mol. The van der Waals surface area contributed by atoms with Crippen molar-refractivity contribution in [3.05, 3.63) is 10.6 Å². The molecule has 0 aromatic carbocycles. The molecule has 0 unspecified atom stereocenters. The highest BCUT2D eigenvalue weighted by atomic mass is 32.1. The second-order valence-corrected chi connectivity index (χ2v) is 2.86. The van der Waals surface area contributed by atoms with Gasteiger partial charge in [0.25, 0.3) is 0 Å². The number of thiazole rings is 1. The number of hydrogen-bond acceptors (Lipinski definition) is 6. The van der Waals surface area contributed by atoms with Crippen molar-refractivity contribution in [2.45, 2.75) is 0 Å². The Labute approximate surface area is 72.4 Å². The molecule has 0 saturated carbocycles. The van der Waals surface area contributed by atoms with Crippen LogP contribution in [0, 0.1) is 11.3 Å². The minimum Gasteiger partial charge on any atom is -0.464 e. The monoisotopic (exact) mass is 183 g/mol. The average molecular weight is 183 g/mol. The van der Waals surface area contributed by atoms with Crippen LogP contribution in [-0.2, 0) is 4.74 Å². The Hall–Kier alpha value is -1.61. The van der Waals surface area contributed by atoms with Gasteiger partial charge in [0.15, 0.2) is 10.8 Å². The van der Waals surface area contributed by atoms with E-state index in [1.54, 1.807) is 6.07 Å². The number of esters is 1. The van der Waals surface area contributed by atoms with Crippen molar-refractivity contribution in [2.24, 2.45) is 0 Å². The SMILES string of the molecule is COC(=O)c1nc(N)sc1C#N. The van der Waals surface area contributed by atoms with E-state index in [0.717, 1.165) is 11.3 Å². The highest BCUT2D eigenvalue weighted by Crippen LogP contribution is 2.19. The Morgan fingerprint density at radius 2 is 2.50 bits per heavy atom. The number of hydrogen-bond donors (Lipinski definition) is 1. The number of nitrogen functional groups attached to an aromatic ring is 1. The fourth-order valence-electron chi connectivity index (χ4n) is 0.647. The third-order valence-electron chi connectivity index (χ3n) is 1.12. The van der Waals surface area contributed by atoms with Crippen molar-refractivity contribution in [3.8, 4) is 6.07 Å². The normalized spacial score (nSPS) is 9.00. The third kappa shape index (κ3) is 1.35. The molecule has 0 aliphatic rings. The summed E-state index contributed by atoms with van der Waals surface area (Å²) in [6.07, 6.45) is 0. The summed E-state index contributed by atoms with van der Waals surface area (Å²) in [5, 5.41) is 8.72. The molecule has 6 heteroatoms. The van der Waals surface area contributed by atoms with Gasteiger partial charge in [-0.3, -0.25) is 0 Å². The molecule has 1 aromatic heterocycles. The van der Waals surface area contributed by atoms with E-state index in [9.17, 15) is 4.79 Å². The number of nitrogens with zero attached hydrogens (tertiary/aromatic N) is 2. The summed E-state index contributed by atoms with van der Waals surface area (Å²) in [5.74, 6) is -0.639. The molecule has 1 heterocycles. The van der Waals surface area contributed by atoms with E-state index in [0.29, 0.717) is 0 Å². The molecule has 0 saturated heterocycles. The van der Waals surface area contributed by atoms with Crippen molar-refractivity contribution >= 4 is 22.4 Å². The molecule has 0 aliphatic heterocycles. The van der Waals surface area contributed by atoms with Crippen LogP contribution in [0.3, 0.4) is 0 Å². The van der Waals surface area contributed by atoms with Crippen LogP contribution in [0.2, 0.25) is 0 Å². The van der Waals surface area contributed by atoms with E-state index in [4.69, 9.17) is 11.0 Å². The standard InChI is InChI=1S/C6H5N3O2S/c1-11-5(10)4-3(2-7)12-6(8)9-4/h1H3,(H2,8,9). The zero-order valence-corrected chi connectivity index (χ0v) is 7.01. The summed E-state index contributed by atoms with van der Waals surface area (Å²) in [6, 6.07) is 1.81. The van der Waals surface area contributed by atoms with Gasteiger partial charge < -0.3 is 10.5 Å². The van der Waals surface area contributed by atoms with Crippen LogP contribution in [-0.4, -0.2) is 18.1 Å². The molecule has 0 radical (unpaired) electrons. The second-order valence-electron chi connectivity index (χ2n) is 1.83. The number of aromatic nitrogens is 1. The molecule has 1 aromatic rings. The summed E-state index contributed by atoms with van der Waals surface area (Å²) >= 11 is 0.963. The van der Waals surface area contributed by atoms with Gasteiger partial charge in [0.1, 0.15) is 10.9 Å². The first kappa shape index (κ1) is 8.49. The number of ether oxygens (including phenoxy) is 1. The largest absolute Gasteiger partial charge is 0.464 e. The molecular formula is C6H5N3O2S. The molecule has 12 heavy (non-hydrogen) atoms. The topological polar surface area (TPSA) is 89.0 Å². The van der Waals surface area contributed by atoms with E-state index in [1.807, 2.05) is 0 Å². The second kappa shape index (κ2) is 3.19. The fraction of sp³-hybridized carbons (Fsp3) is 0.167. The van der Waals surface area contributed by atoms with Crippen molar-refractivity contribution in [1.82, 2.24) is 4.98 Å². The summed E-state index contributed by atoms with van der Waals surface area (Å²) in [6.45, 7) is 0. The van der Waals surface area contributed by atoms with Crippen LogP contribution in [0.5, 0.6) is 0 Å². The lowest BCUT2D eigenvalue weighted by Gasteiger charge is -1.91. The highest BCUT2D eigenvalue weighted by Gasteiger charge is 2.16. The van der Waals surface area contributed by atoms with E-state index >= 15 is 0 Å². The Kier molecular flexibility index (Phi) is 2.26. The highest BCUT2D eigenvalue weighted by molar-refractivity contribution is 7.16. The maximum atomic E-state index is 10.9. The van der Waals surface area contributed by atoms with Gasteiger partial charge in [0.05, 0.1) is 7.11 Å². The number of anilines is 1. The number of methoxy groups -OCH3 is 1. The van der Waals surface area contributed by atoms with Crippen LogP contribution in [0.1, 0.15) is 15.4 Å². The van der Waals surface area contributed by atoms with Crippen molar-refractivity contribution in [2.75, 3.05) is 12.8 Å².